The fraction of sp³-hybridized carbons (Fsp3) is 0.483. The molecule has 1 aliphatic heterocycles. The summed E-state index contributed by atoms with van der Waals surface area (Å²) in [4.78, 5) is 25.9. The highest BCUT2D eigenvalue weighted by Crippen LogP contribution is 2.34. The molecule has 0 spiro atoms. The van der Waals surface area contributed by atoms with Crippen LogP contribution in [0.4, 0.5) is 0 Å². The van der Waals surface area contributed by atoms with E-state index in [1.54, 1.807) is 37.4 Å². The third-order valence-electron chi connectivity index (χ3n) is 8.36. The normalized spacial score (nSPS) is 18.1. The van der Waals surface area contributed by atoms with Crippen molar-refractivity contribution in [1.82, 2.24) is 40.0 Å². The van der Waals surface area contributed by atoms with Gasteiger partial charge < -0.3 is 14.5 Å². The summed E-state index contributed by atoms with van der Waals surface area (Å²) in [5, 5.41) is 13.7. The molecule has 11 heteroatoms. The summed E-state index contributed by atoms with van der Waals surface area (Å²) in [6.07, 6.45) is 10.1. The highest BCUT2D eigenvalue weighted by molar-refractivity contribution is 5.83. The van der Waals surface area contributed by atoms with Crippen LogP contribution in [0.1, 0.15) is 55.1 Å². The van der Waals surface area contributed by atoms with E-state index in [-0.39, 0.29) is 5.56 Å². The van der Waals surface area contributed by atoms with Gasteiger partial charge in [-0.1, -0.05) is 19.3 Å². The molecule has 40 heavy (non-hydrogen) atoms. The first-order valence-electron chi connectivity index (χ1n) is 14.1. The summed E-state index contributed by atoms with van der Waals surface area (Å²) in [5.41, 5.74) is 2.16. The molecule has 210 valence electrons. The van der Waals surface area contributed by atoms with Crippen molar-refractivity contribution < 1.29 is 9.47 Å². The predicted octanol–water partition coefficient (Wildman–Crippen LogP) is 3.01. The summed E-state index contributed by atoms with van der Waals surface area (Å²) in [5.74, 6) is 1.82. The standard InChI is InChI=1S/C29H36N8O3/c1-39-25-17-21-16-23(29(38)31-24(21)18-26(25)40-2)27(28-32-33-34-37(28)19-20-8-10-30-11-9-20)36-14-12-35(13-15-36)22-6-4-3-5-7-22/h8-11,16-18,22,27H,3-7,12-15,19H2,1-2H3,(H,31,38). The number of tetrazole rings is 1. The summed E-state index contributed by atoms with van der Waals surface area (Å²) in [7, 11) is 3.19. The summed E-state index contributed by atoms with van der Waals surface area (Å²) in [6, 6.07) is 9.79. The molecule has 3 aromatic heterocycles. The van der Waals surface area contributed by atoms with Gasteiger partial charge in [0.2, 0.25) is 0 Å². The maximum absolute atomic E-state index is 13.7. The van der Waals surface area contributed by atoms with Gasteiger partial charge in [-0.3, -0.25) is 19.6 Å². The second kappa shape index (κ2) is 11.7. The quantitative estimate of drug-likeness (QED) is 0.357. The number of methoxy groups -OCH3 is 2. The molecule has 1 aliphatic carbocycles. The van der Waals surface area contributed by atoms with E-state index in [4.69, 9.17) is 9.47 Å². The van der Waals surface area contributed by atoms with E-state index in [9.17, 15) is 4.79 Å². The third kappa shape index (κ3) is 5.31. The summed E-state index contributed by atoms with van der Waals surface area (Å²) < 4.78 is 12.8. The molecule has 6 rings (SSSR count). The molecule has 0 bridgehead atoms. The number of hydrogen-bond donors (Lipinski definition) is 1. The van der Waals surface area contributed by atoms with Gasteiger partial charge in [0, 0.05) is 61.6 Å². The molecule has 4 heterocycles. The molecule has 1 atom stereocenters. The molecule has 1 saturated carbocycles. The van der Waals surface area contributed by atoms with Gasteiger partial charge in [-0.15, -0.1) is 5.10 Å². The van der Waals surface area contributed by atoms with Crippen molar-refractivity contribution in [3.05, 3.63) is 70.0 Å². The average molecular weight is 545 g/mol. The van der Waals surface area contributed by atoms with E-state index >= 15 is 0 Å². The Kier molecular flexibility index (Phi) is 7.74. The number of nitrogens with one attached hydrogen (secondary N) is 1. The van der Waals surface area contributed by atoms with Crippen LogP contribution in [0.25, 0.3) is 10.9 Å². The topological polar surface area (TPSA) is 114 Å². The second-order valence-electron chi connectivity index (χ2n) is 10.7. The highest BCUT2D eigenvalue weighted by atomic mass is 16.5. The Labute approximate surface area is 233 Å². The SMILES string of the molecule is COc1cc2cc(C(c3nnnn3Cc3ccncc3)N3CCN(C4CCCCC4)CC3)c(=O)[nH]c2cc1OC. The first-order valence-corrected chi connectivity index (χ1v) is 14.1. The molecule has 1 N–H and O–H groups in total. The predicted molar refractivity (Wildman–Crippen MR) is 151 cm³/mol. The van der Waals surface area contributed by atoms with Crippen molar-refractivity contribution in [3.8, 4) is 11.5 Å². The zero-order valence-corrected chi connectivity index (χ0v) is 23.1. The van der Waals surface area contributed by atoms with Gasteiger partial charge in [0.25, 0.3) is 5.56 Å². The van der Waals surface area contributed by atoms with Crippen LogP contribution < -0.4 is 15.0 Å². The lowest BCUT2D eigenvalue weighted by Gasteiger charge is -2.43. The van der Waals surface area contributed by atoms with Gasteiger partial charge in [0.15, 0.2) is 17.3 Å². The third-order valence-corrected chi connectivity index (χ3v) is 8.36. The number of aromatic nitrogens is 6. The first-order chi connectivity index (χ1) is 19.6. The van der Waals surface area contributed by atoms with Crippen LogP contribution in [0, 0.1) is 0 Å². The number of nitrogens with zero attached hydrogens (tertiary/aromatic N) is 7. The highest BCUT2D eigenvalue weighted by Gasteiger charge is 2.34. The van der Waals surface area contributed by atoms with Crippen LogP contribution in [0.3, 0.4) is 0 Å². The number of aromatic amines is 1. The van der Waals surface area contributed by atoms with E-state index in [0.29, 0.717) is 41.0 Å². The van der Waals surface area contributed by atoms with Crippen LogP contribution in [0.5, 0.6) is 11.5 Å². The second-order valence-corrected chi connectivity index (χ2v) is 10.7. The average Bonchev–Trinajstić information content (AvgIpc) is 3.45. The minimum Gasteiger partial charge on any atom is -0.493 e. The van der Waals surface area contributed by atoms with Gasteiger partial charge in [0.05, 0.1) is 26.3 Å². The number of pyridine rings is 2. The fourth-order valence-corrected chi connectivity index (χ4v) is 6.24. The Bertz CT molecular complexity index is 1490. The van der Waals surface area contributed by atoms with Crippen LogP contribution in [0.15, 0.2) is 47.5 Å². The van der Waals surface area contributed by atoms with Gasteiger partial charge in [-0.05, 0) is 53.1 Å². The Morgan fingerprint density at radius 3 is 2.42 bits per heavy atom. The maximum Gasteiger partial charge on any atom is 0.253 e. The molecule has 1 saturated heterocycles. The van der Waals surface area contributed by atoms with Crippen molar-refractivity contribution in [2.75, 3.05) is 40.4 Å². The van der Waals surface area contributed by atoms with Crippen molar-refractivity contribution in [2.45, 2.75) is 50.7 Å². The number of rotatable bonds is 8. The molecule has 11 nitrogen and oxygen atoms in total. The van der Waals surface area contributed by atoms with Crippen LogP contribution in [0.2, 0.25) is 0 Å². The molecule has 4 aromatic rings. The molecule has 2 fully saturated rings. The molecule has 0 amide bonds. The molecule has 1 unspecified atom stereocenters. The van der Waals surface area contributed by atoms with E-state index < -0.39 is 6.04 Å². The molecular formula is C29H36N8O3. The molecule has 2 aliphatic rings. The summed E-state index contributed by atoms with van der Waals surface area (Å²) in [6.45, 7) is 4.06. The fourth-order valence-electron chi connectivity index (χ4n) is 6.24. The van der Waals surface area contributed by atoms with Crippen LogP contribution in [-0.2, 0) is 6.54 Å². The van der Waals surface area contributed by atoms with Gasteiger partial charge in [-0.25, -0.2) is 4.68 Å². The van der Waals surface area contributed by atoms with Crippen molar-refractivity contribution in [3.63, 3.8) is 0 Å². The molecular weight excluding hydrogens is 508 g/mol. The number of fused-ring (bicyclic) bond motifs is 1. The number of benzene rings is 1. The maximum atomic E-state index is 13.7. The van der Waals surface area contributed by atoms with Gasteiger partial charge in [-0.2, -0.15) is 0 Å². The monoisotopic (exact) mass is 544 g/mol. The Morgan fingerprint density at radius 2 is 1.70 bits per heavy atom. The summed E-state index contributed by atoms with van der Waals surface area (Å²) >= 11 is 0. The molecule has 0 radical (unpaired) electrons. The number of H-pyrrole nitrogens is 1. The van der Waals surface area contributed by atoms with Crippen LogP contribution >= 0.6 is 0 Å². The van der Waals surface area contributed by atoms with Crippen molar-refractivity contribution >= 4 is 10.9 Å². The largest absolute Gasteiger partial charge is 0.493 e. The lowest BCUT2D eigenvalue weighted by molar-refractivity contribution is 0.0618. The van der Waals surface area contributed by atoms with E-state index in [0.717, 1.165) is 37.1 Å². The number of ether oxygens (including phenoxy) is 2. The number of piperazine rings is 1. The Balaban J connectivity index is 1.39. The Hall–Kier alpha value is -3.83. The van der Waals surface area contributed by atoms with E-state index in [1.807, 2.05) is 24.3 Å². The minimum absolute atomic E-state index is 0.169. The van der Waals surface area contributed by atoms with Crippen molar-refractivity contribution in [1.29, 1.82) is 0 Å². The Morgan fingerprint density at radius 1 is 0.975 bits per heavy atom. The number of hydrogen-bond acceptors (Lipinski definition) is 9. The zero-order valence-electron chi connectivity index (χ0n) is 23.1. The van der Waals surface area contributed by atoms with E-state index in [2.05, 4.69) is 35.3 Å². The molecule has 1 aromatic carbocycles. The zero-order chi connectivity index (χ0) is 27.5. The first kappa shape index (κ1) is 26.4. The van der Waals surface area contributed by atoms with Crippen molar-refractivity contribution in [2.24, 2.45) is 0 Å². The van der Waals surface area contributed by atoms with Crippen LogP contribution in [-0.4, -0.2) is 86.4 Å². The van der Waals surface area contributed by atoms with Gasteiger partial charge >= 0.3 is 0 Å². The lowest BCUT2D eigenvalue weighted by atomic mass is 9.93. The lowest BCUT2D eigenvalue weighted by Crippen LogP contribution is -2.52. The van der Waals surface area contributed by atoms with Gasteiger partial charge in [0.1, 0.15) is 6.04 Å². The minimum atomic E-state index is -0.411. The van der Waals surface area contributed by atoms with E-state index in [1.165, 1.54) is 32.1 Å². The smallest absolute Gasteiger partial charge is 0.253 e.